The number of anilines is 1. The fourth-order valence-corrected chi connectivity index (χ4v) is 3.05. The summed E-state index contributed by atoms with van der Waals surface area (Å²) in [6.45, 7) is 0. The summed E-state index contributed by atoms with van der Waals surface area (Å²) < 4.78 is 8.31. The van der Waals surface area contributed by atoms with E-state index in [-0.39, 0.29) is 11.5 Å². The monoisotopic (exact) mass is 386 g/mol. The zero-order valence-corrected chi connectivity index (χ0v) is 15.6. The van der Waals surface area contributed by atoms with Crippen LogP contribution < -0.4 is 5.32 Å². The number of amides is 1. The molecule has 0 bridgehead atoms. The van der Waals surface area contributed by atoms with E-state index in [2.05, 4.69) is 10.4 Å². The minimum atomic E-state index is -0.522. The highest BCUT2D eigenvalue weighted by Gasteiger charge is 2.21. The molecule has 0 aliphatic carbocycles. The van der Waals surface area contributed by atoms with Crippen molar-refractivity contribution in [2.75, 3.05) is 12.4 Å². The molecule has 4 aromatic rings. The predicted molar refractivity (Wildman–Crippen MR) is 109 cm³/mol. The van der Waals surface area contributed by atoms with Gasteiger partial charge < -0.3 is 14.6 Å². The van der Waals surface area contributed by atoms with Gasteiger partial charge in [0, 0.05) is 12.4 Å². The molecule has 144 valence electrons. The van der Waals surface area contributed by atoms with Crippen LogP contribution in [0.4, 0.5) is 5.69 Å². The molecule has 29 heavy (non-hydrogen) atoms. The molecule has 7 nitrogen and oxygen atoms in total. The van der Waals surface area contributed by atoms with Crippen LogP contribution in [0.15, 0.2) is 85.3 Å². The van der Waals surface area contributed by atoms with Gasteiger partial charge in [-0.1, -0.05) is 30.3 Å². The van der Waals surface area contributed by atoms with Gasteiger partial charge in [-0.05, 0) is 36.4 Å². The predicted octanol–water partition coefficient (Wildman–Crippen LogP) is 3.70. The smallest absolute Gasteiger partial charge is 0.339 e. The molecule has 0 spiro atoms. The maximum Gasteiger partial charge on any atom is 0.339 e. The molecule has 1 amide bonds. The molecule has 2 aromatic carbocycles. The summed E-state index contributed by atoms with van der Waals surface area (Å²) in [5.41, 5.74) is 1.84. The summed E-state index contributed by atoms with van der Waals surface area (Å²) >= 11 is 0. The molecule has 1 N–H and O–H groups in total. The van der Waals surface area contributed by atoms with Crippen molar-refractivity contribution in [2.45, 2.75) is 0 Å². The highest BCUT2D eigenvalue weighted by molar-refractivity contribution is 6.09. The summed E-state index contributed by atoms with van der Waals surface area (Å²) in [6, 6.07) is 20.0. The highest BCUT2D eigenvalue weighted by Crippen LogP contribution is 2.22. The number of nitrogens with one attached hydrogen (secondary N) is 1. The third kappa shape index (κ3) is 3.53. The molecule has 0 saturated carbocycles. The van der Waals surface area contributed by atoms with Gasteiger partial charge in [0.1, 0.15) is 5.56 Å². The molecule has 2 aromatic heterocycles. The Kier molecular flexibility index (Phi) is 4.94. The fourth-order valence-electron chi connectivity index (χ4n) is 3.05. The van der Waals surface area contributed by atoms with E-state index in [0.717, 1.165) is 5.69 Å². The van der Waals surface area contributed by atoms with E-state index in [1.807, 2.05) is 59.4 Å². The molecule has 0 radical (unpaired) electrons. The van der Waals surface area contributed by atoms with Crippen LogP contribution in [0.25, 0.3) is 11.5 Å². The Morgan fingerprint density at radius 1 is 0.897 bits per heavy atom. The Balaban J connectivity index is 1.76. The Morgan fingerprint density at radius 3 is 2.31 bits per heavy atom. The zero-order valence-electron chi connectivity index (χ0n) is 15.6. The van der Waals surface area contributed by atoms with Crippen molar-refractivity contribution in [1.82, 2.24) is 14.3 Å². The van der Waals surface area contributed by atoms with Gasteiger partial charge in [-0.2, -0.15) is 5.10 Å². The van der Waals surface area contributed by atoms with Crippen molar-refractivity contribution in [3.63, 3.8) is 0 Å². The van der Waals surface area contributed by atoms with E-state index in [1.54, 1.807) is 28.9 Å². The maximum atomic E-state index is 13.1. The van der Waals surface area contributed by atoms with Crippen LogP contribution in [-0.2, 0) is 4.74 Å². The molecule has 7 heteroatoms. The Morgan fingerprint density at radius 2 is 1.59 bits per heavy atom. The van der Waals surface area contributed by atoms with Crippen molar-refractivity contribution >= 4 is 17.6 Å². The van der Waals surface area contributed by atoms with Gasteiger partial charge in [0.15, 0.2) is 5.82 Å². The second-order valence-electron chi connectivity index (χ2n) is 6.21. The van der Waals surface area contributed by atoms with Crippen molar-refractivity contribution in [3.05, 3.63) is 96.4 Å². The quantitative estimate of drug-likeness (QED) is 0.531. The van der Waals surface area contributed by atoms with Crippen molar-refractivity contribution in [3.8, 4) is 11.5 Å². The van der Waals surface area contributed by atoms with E-state index in [1.165, 1.54) is 13.3 Å². The lowest BCUT2D eigenvalue weighted by Crippen LogP contribution is -2.17. The number of ether oxygens (including phenoxy) is 1. The van der Waals surface area contributed by atoms with Gasteiger partial charge in [0.2, 0.25) is 0 Å². The molecule has 2 heterocycles. The van der Waals surface area contributed by atoms with E-state index in [9.17, 15) is 9.59 Å². The number of hydrogen-bond donors (Lipinski definition) is 1. The van der Waals surface area contributed by atoms with E-state index in [4.69, 9.17) is 4.74 Å². The summed E-state index contributed by atoms with van der Waals surface area (Å²) in [6.07, 6.45) is 5.20. The number of esters is 1. The first-order valence-electron chi connectivity index (χ1n) is 8.94. The number of nitrogens with zero attached hydrogens (tertiary/aromatic N) is 3. The molecule has 0 unspecified atom stereocenters. The van der Waals surface area contributed by atoms with Crippen LogP contribution in [-0.4, -0.2) is 33.3 Å². The summed E-state index contributed by atoms with van der Waals surface area (Å²) in [7, 11) is 1.30. The number of aromatic nitrogens is 3. The van der Waals surface area contributed by atoms with Crippen molar-refractivity contribution in [2.24, 2.45) is 0 Å². The average molecular weight is 386 g/mol. The molecule has 0 aliphatic heterocycles. The van der Waals surface area contributed by atoms with E-state index >= 15 is 0 Å². The van der Waals surface area contributed by atoms with Crippen LogP contribution in [0.3, 0.4) is 0 Å². The zero-order chi connectivity index (χ0) is 20.2. The number of hydrogen-bond acceptors (Lipinski definition) is 4. The molecule has 0 atom stereocenters. The van der Waals surface area contributed by atoms with Crippen molar-refractivity contribution in [1.29, 1.82) is 0 Å². The van der Waals surface area contributed by atoms with Gasteiger partial charge in [-0.3, -0.25) is 4.79 Å². The van der Waals surface area contributed by atoms with Crippen LogP contribution in [0.2, 0.25) is 0 Å². The van der Waals surface area contributed by atoms with Crippen molar-refractivity contribution < 1.29 is 14.3 Å². The minimum absolute atomic E-state index is 0.279. The molecule has 0 aliphatic rings. The Labute approximate surface area is 167 Å². The largest absolute Gasteiger partial charge is 0.465 e. The first kappa shape index (κ1) is 18.2. The third-order valence-electron chi connectivity index (χ3n) is 4.42. The molecule has 0 fully saturated rings. The molecule has 0 saturated heterocycles. The molecular weight excluding hydrogens is 368 g/mol. The number of carbonyl (C=O) groups excluding carboxylic acids is 2. The topological polar surface area (TPSA) is 78.2 Å². The van der Waals surface area contributed by atoms with Gasteiger partial charge in [-0.25, -0.2) is 9.48 Å². The number of para-hydroxylation sites is 2. The Bertz CT molecular complexity index is 1150. The lowest BCUT2D eigenvalue weighted by Gasteiger charge is -2.12. The lowest BCUT2D eigenvalue weighted by molar-refractivity contribution is 0.0602. The van der Waals surface area contributed by atoms with Crippen LogP contribution in [0.5, 0.6) is 0 Å². The SMILES string of the molecule is COC(=O)c1ccccc1NC(=O)c1cnn(-c2ccccc2)c1-n1cccc1. The maximum absolute atomic E-state index is 13.1. The number of carbonyl (C=O) groups is 2. The normalized spacial score (nSPS) is 10.5. The van der Waals surface area contributed by atoms with Gasteiger partial charge in [-0.15, -0.1) is 0 Å². The molecular formula is C22H18N4O3. The average Bonchev–Trinajstić information content (AvgIpc) is 3.43. The van der Waals surface area contributed by atoms with Gasteiger partial charge in [0.25, 0.3) is 5.91 Å². The summed E-state index contributed by atoms with van der Waals surface area (Å²) in [5, 5.41) is 7.22. The van der Waals surface area contributed by atoms with Crippen LogP contribution >= 0.6 is 0 Å². The lowest BCUT2D eigenvalue weighted by atomic mass is 10.1. The van der Waals surface area contributed by atoms with Gasteiger partial charge in [0.05, 0.1) is 30.2 Å². The Hall–Kier alpha value is -4.13. The third-order valence-corrected chi connectivity index (χ3v) is 4.42. The number of rotatable bonds is 5. The summed E-state index contributed by atoms with van der Waals surface area (Å²) in [4.78, 5) is 25.1. The minimum Gasteiger partial charge on any atom is -0.465 e. The van der Waals surface area contributed by atoms with E-state index < -0.39 is 5.97 Å². The fraction of sp³-hybridized carbons (Fsp3) is 0.0455. The van der Waals surface area contributed by atoms with Crippen LogP contribution in [0, 0.1) is 0 Å². The number of methoxy groups -OCH3 is 1. The second-order valence-corrected chi connectivity index (χ2v) is 6.21. The first-order chi connectivity index (χ1) is 14.2. The highest BCUT2D eigenvalue weighted by atomic mass is 16.5. The summed E-state index contributed by atoms with van der Waals surface area (Å²) in [5.74, 6) is -0.312. The standard InChI is InChI=1S/C22H18N4O3/c1-29-22(28)17-11-5-6-12-19(17)24-20(27)18-15-23-26(16-9-3-2-4-10-16)21(18)25-13-7-8-14-25/h2-15H,1H3,(H,24,27). The van der Waals surface area contributed by atoms with E-state index in [0.29, 0.717) is 17.1 Å². The molecule has 4 rings (SSSR count). The van der Waals surface area contributed by atoms with Crippen LogP contribution in [0.1, 0.15) is 20.7 Å². The number of benzene rings is 2. The van der Waals surface area contributed by atoms with Gasteiger partial charge >= 0.3 is 5.97 Å². The second kappa shape index (κ2) is 7.85. The first-order valence-corrected chi connectivity index (χ1v) is 8.94.